The molecule has 7 rings (SSSR count). The van der Waals surface area contributed by atoms with E-state index in [1.807, 2.05) is 88.1 Å². The summed E-state index contributed by atoms with van der Waals surface area (Å²) in [6.07, 6.45) is 6.72. The van der Waals surface area contributed by atoms with Crippen molar-refractivity contribution < 1.29 is 19.1 Å². The number of carbonyl (C=O) groups is 2. The molecule has 2 amide bonds. The third kappa shape index (κ3) is 5.66. The number of aliphatic imine (C=N–C) groups is 1. The van der Waals surface area contributed by atoms with Gasteiger partial charge >= 0.3 is 0 Å². The second kappa shape index (κ2) is 12.4. The predicted molar refractivity (Wildman–Crippen MR) is 173 cm³/mol. The Kier molecular flexibility index (Phi) is 7.97. The van der Waals surface area contributed by atoms with Crippen LogP contribution in [-0.2, 0) is 0 Å². The van der Waals surface area contributed by atoms with Gasteiger partial charge in [-0.25, -0.2) is 4.98 Å². The summed E-state index contributed by atoms with van der Waals surface area (Å²) in [5.74, 6) is 2.31. The van der Waals surface area contributed by atoms with Crippen LogP contribution in [0.25, 0.3) is 16.9 Å². The molecule has 3 aliphatic rings. The summed E-state index contributed by atoms with van der Waals surface area (Å²) in [7, 11) is 1.64. The largest absolute Gasteiger partial charge is 0.497 e. The molecule has 2 fully saturated rings. The molecule has 0 N–H and O–H groups in total. The lowest BCUT2D eigenvalue weighted by Gasteiger charge is -2.34. The minimum Gasteiger partial charge on any atom is -0.497 e. The van der Waals surface area contributed by atoms with Crippen LogP contribution in [0.1, 0.15) is 45.7 Å². The van der Waals surface area contributed by atoms with E-state index in [9.17, 15) is 9.59 Å². The first kappa shape index (κ1) is 29.0. The van der Waals surface area contributed by atoms with Gasteiger partial charge in [-0.05, 0) is 74.2 Å². The van der Waals surface area contributed by atoms with Crippen LogP contribution in [0.4, 0.5) is 5.69 Å². The highest BCUT2D eigenvalue weighted by Gasteiger charge is 2.32. The molecule has 3 aliphatic heterocycles. The van der Waals surface area contributed by atoms with Crippen molar-refractivity contribution in [2.45, 2.75) is 32.2 Å². The number of nitrogens with zero attached hydrogens (tertiary/aromatic N) is 6. The van der Waals surface area contributed by atoms with E-state index in [1.165, 1.54) is 0 Å². The van der Waals surface area contributed by atoms with Crippen molar-refractivity contribution in [3.8, 4) is 22.9 Å². The lowest BCUT2D eigenvalue weighted by atomic mass is 10.1. The van der Waals surface area contributed by atoms with Crippen molar-refractivity contribution in [1.29, 1.82) is 0 Å². The van der Waals surface area contributed by atoms with Crippen LogP contribution in [-0.4, -0.2) is 101 Å². The van der Waals surface area contributed by atoms with Gasteiger partial charge < -0.3 is 19.3 Å². The number of hydrogen-bond acceptors (Lipinski definition) is 7. The number of methoxy groups -OCH3 is 1. The molecule has 5 heterocycles. The van der Waals surface area contributed by atoms with Crippen molar-refractivity contribution in [2.24, 2.45) is 4.99 Å². The number of piperazine rings is 1. The molecule has 4 aromatic rings. The molecular weight excluding hydrogens is 568 g/mol. The summed E-state index contributed by atoms with van der Waals surface area (Å²) in [4.78, 5) is 42.4. The van der Waals surface area contributed by atoms with Crippen LogP contribution in [0.5, 0.6) is 11.5 Å². The lowest BCUT2D eigenvalue weighted by Crippen LogP contribution is -2.49. The van der Waals surface area contributed by atoms with Crippen molar-refractivity contribution >= 4 is 29.2 Å². The van der Waals surface area contributed by atoms with Gasteiger partial charge in [-0.3, -0.25) is 23.9 Å². The van der Waals surface area contributed by atoms with Gasteiger partial charge in [0.2, 0.25) is 0 Å². The summed E-state index contributed by atoms with van der Waals surface area (Å²) in [6.45, 7) is 7.13. The minimum atomic E-state index is -0.0401. The average Bonchev–Trinajstić information content (AvgIpc) is 3.69. The Balaban J connectivity index is 0.938. The van der Waals surface area contributed by atoms with Gasteiger partial charge in [0.1, 0.15) is 17.3 Å². The van der Waals surface area contributed by atoms with E-state index >= 15 is 0 Å². The van der Waals surface area contributed by atoms with Gasteiger partial charge in [0.25, 0.3) is 11.8 Å². The van der Waals surface area contributed by atoms with Gasteiger partial charge in [-0.15, -0.1) is 0 Å². The van der Waals surface area contributed by atoms with Crippen molar-refractivity contribution in [3.05, 3.63) is 77.6 Å². The maximum Gasteiger partial charge on any atom is 0.274 e. The van der Waals surface area contributed by atoms with Crippen LogP contribution < -0.4 is 9.47 Å². The number of aromatic nitrogens is 2. The molecule has 0 saturated carbocycles. The minimum absolute atomic E-state index is 0.0401. The maximum absolute atomic E-state index is 13.7. The molecule has 45 heavy (non-hydrogen) atoms. The number of imidazole rings is 1. The number of amides is 2. The van der Waals surface area contributed by atoms with Gasteiger partial charge in [0, 0.05) is 63.3 Å². The molecule has 1 atom stereocenters. The summed E-state index contributed by atoms with van der Waals surface area (Å²) in [5.41, 5.74) is 4.50. The normalized spacial score (nSPS) is 18.2. The Morgan fingerprint density at radius 1 is 1.02 bits per heavy atom. The van der Waals surface area contributed by atoms with Gasteiger partial charge in [0.05, 0.1) is 36.5 Å². The molecular formula is C35H38N6O4. The van der Waals surface area contributed by atoms with Crippen LogP contribution in [0, 0.1) is 6.92 Å². The van der Waals surface area contributed by atoms with Gasteiger partial charge in [-0.1, -0.05) is 6.07 Å². The van der Waals surface area contributed by atoms with E-state index in [0.29, 0.717) is 36.6 Å². The highest BCUT2D eigenvalue weighted by Crippen LogP contribution is 2.34. The first-order valence-electron chi connectivity index (χ1n) is 15.8. The standard InChI is InChI=1S/C35H38N6O4/c1-24-21-28-29(36-23-26-7-5-15-40(26)34(28)42)22-31(24)45-20-6-13-38-16-18-39(19-17-38)35(43)32-30-8-3-4-14-41(30)33(37-32)25-9-11-27(44-2)12-10-25/h3-4,8-12,14,21-23,26H,5-7,13,15-20H2,1-2H3/t26-/m0/s1. The molecule has 2 aromatic heterocycles. The predicted octanol–water partition coefficient (Wildman–Crippen LogP) is 4.87. The SMILES string of the molecule is COc1ccc(-c2nc(C(=O)N3CCN(CCCOc4cc5c(cc4C)C(=O)N4CCC[C@H]4C=N5)CC3)c3ccccn23)cc1. The Morgan fingerprint density at radius 2 is 1.84 bits per heavy atom. The zero-order chi connectivity index (χ0) is 30.9. The zero-order valence-electron chi connectivity index (χ0n) is 25.8. The van der Waals surface area contributed by atoms with E-state index in [0.717, 1.165) is 79.4 Å². The Bertz CT molecular complexity index is 1760. The quantitative estimate of drug-likeness (QED) is 0.266. The van der Waals surface area contributed by atoms with Crippen LogP contribution in [0.15, 0.2) is 65.8 Å². The Labute approximate surface area is 262 Å². The number of aryl methyl sites for hydroxylation is 1. The molecule has 10 nitrogen and oxygen atoms in total. The summed E-state index contributed by atoms with van der Waals surface area (Å²) in [5, 5.41) is 0. The fraction of sp³-hybridized carbons (Fsp3) is 0.371. The third-order valence-electron chi connectivity index (χ3n) is 9.10. The molecule has 232 valence electrons. The van der Waals surface area contributed by atoms with Gasteiger partial charge in [0.15, 0.2) is 5.69 Å². The second-order valence-corrected chi connectivity index (χ2v) is 11.9. The molecule has 0 spiro atoms. The number of carbonyl (C=O) groups excluding carboxylic acids is 2. The van der Waals surface area contributed by atoms with E-state index in [-0.39, 0.29) is 17.9 Å². The van der Waals surface area contributed by atoms with Crippen molar-refractivity contribution in [2.75, 3.05) is 53.0 Å². The highest BCUT2D eigenvalue weighted by molar-refractivity contribution is 6.03. The first-order chi connectivity index (χ1) is 22.0. The van der Waals surface area contributed by atoms with E-state index < -0.39 is 0 Å². The number of fused-ring (bicyclic) bond motifs is 3. The van der Waals surface area contributed by atoms with Crippen molar-refractivity contribution in [1.82, 2.24) is 24.1 Å². The molecule has 0 radical (unpaired) electrons. The molecule has 2 saturated heterocycles. The van der Waals surface area contributed by atoms with Gasteiger partial charge in [-0.2, -0.15) is 0 Å². The van der Waals surface area contributed by atoms with E-state index in [1.54, 1.807) is 7.11 Å². The number of ether oxygens (including phenoxy) is 2. The summed E-state index contributed by atoms with van der Waals surface area (Å²) < 4.78 is 13.4. The first-order valence-corrected chi connectivity index (χ1v) is 15.8. The fourth-order valence-corrected chi connectivity index (χ4v) is 6.57. The molecule has 0 unspecified atom stereocenters. The average molecular weight is 607 g/mol. The topological polar surface area (TPSA) is 92.0 Å². The Morgan fingerprint density at radius 3 is 2.64 bits per heavy atom. The summed E-state index contributed by atoms with van der Waals surface area (Å²) >= 11 is 0. The van der Waals surface area contributed by atoms with Crippen LogP contribution in [0.3, 0.4) is 0 Å². The highest BCUT2D eigenvalue weighted by atomic mass is 16.5. The number of hydrogen-bond donors (Lipinski definition) is 0. The number of benzene rings is 2. The zero-order valence-corrected chi connectivity index (χ0v) is 25.8. The number of pyridine rings is 1. The van der Waals surface area contributed by atoms with E-state index in [4.69, 9.17) is 14.5 Å². The monoisotopic (exact) mass is 606 g/mol. The summed E-state index contributed by atoms with van der Waals surface area (Å²) in [6, 6.07) is 17.5. The number of rotatable bonds is 8. The van der Waals surface area contributed by atoms with Crippen molar-refractivity contribution in [3.63, 3.8) is 0 Å². The lowest BCUT2D eigenvalue weighted by molar-refractivity contribution is 0.0627. The fourth-order valence-electron chi connectivity index (χ4n) is 6.57. The van der Waals surface area contributed by atoms with Crippen LogP contribution >= 0.6 is 0 Å². The van der Waals surface area contributed by atoms with Crippen LogP contribution in [0.2, 0.25) is 0 Å². The maximum atomic E-state index is 13.7. The molecule has 2 aromatic carbocycles. The molecule has 10 heteroatoms. The second-order valence-electron chi connectivity index (χ2n) is 11.9. The molecule has 0 aliphatic carbocycles. The Hall–Kier alpha value is -4.70. The third-order valence-corrected chi connectivity index (χ3v) is 9.10. The smallest absolute Gasteiger partial charge is 0.274 e. The molecule has 0 bridgehead atoms. The van der Waals surface area contributed by atoms with E-state index in [2.05, 4.69) is 9.89 Å².